The van der Waals surface area contributed by atoms with Crippen LogP contribution in [0.4, 0.5) is 0 Å². The molecule has 1 aliphatic heterocycles. The van der Waals surface area contributed by atoms with E-state index in [9.17, 15) is 14.4 Å². The number of piperidine rings is 1. The molecule has 0 aromatic heterocycles. The molecule has 1 saturated carbocycles. The third-order valence-corrected chi connectivity index (χ3v) is 7.60. The minimum atomic E-state index is -0.972. The number of carbonyl (C=O) groups is 3. The molecule has 3 rings (SSSR count). The summed E-state index contributed by atoms with van der Waals surface area (Å²) in [6.07, 6.45) is 6.60. The molecule has 1 saturated heterocycles. The Balaban J connectivity index is 1.74. The van der Waals surface area contributed by atoms with Gasteiger partial charge in [-0.2, -0.15) is 5.26 Å². The number of hydrogen-bond acceptors (Lipinski definition) is 5. The number of hydrogen-bond donors (Lipinski definition) is 3. The third kappa shape index (κ3) is 7.78. The van der Waals surface area contributed by atoms with Crippen molar-refractivity contribution in [3.05, 3.63) is 35.4 Å². The second kappa shape index (κ2) is 13.2. The van der Waals surface area contributed by atoms with Gasteiger partial charge in [-0.25, -0.2) is 0 Å². The van der Waals surface area contributed by atoms with E-state index in [0.29, 0.717) is 11.4 Å². The first-order valence-electron chi connectivity index (χ1n) is 13.3. The lowest BCUT2D eigenvalue weighted by Crippen LogP contribution is -2.57. The van der Waals surface area contributed by atoms with E-state index in [0.717, 1.165) is 63.6 Å². The fourth-order valence-electron chi connectivity index (χ4n) is 5.32. The van der Waals surface area contributed by atoms with Gasteiger partial charge in [0.25, 0.3) is 0 Å². The van der Waals surface area contributed by atoms with Crippen LogP contribution < -0.4 is 10.6 Å². The van der Waals surface area contributed by atoms with E-state index in [-0.39, 0.29) is 30.2 Å². The van der Waals surface area contributed by atoms with Crippen LogP contribution in [-0.4, -0.2) is 72.6 Å². The van der Waals surface area contributed by atoms with Crippen molar-refractivity contribution in [1.29, 1.82) is 10.7 Å². The summed E-state index contributed by atoms with van der Waals surface area (Å²) in [7, 11) is 3.24. The number of rotatable bonds is 8. The normalized spacial score (nSPS) is 18.3. The molecule has 0 unspecified atom stereocenters. The molecule has 1 aliphatic carbocycles. The maximum Gasteiger partial charge on any atom is 0.243 e. The highest BCUT2D eigenvalue weighted by molar-refractivity contribution is 6.02. The van der Waals surface area contributed by atoms with E-state index in [1.54, 1.807) is 45.3 Å². The number of likely N-dealkylation sites (tertiary alicyclic amines) is 1. The van der Waals surface area contributed by atoms with E-state index >= 15 is 0 Å². The summed E-state index contributed by atoms with van der Waals surface area (Å²) in [4.78, 5) is 43.5. The molecule has 2 atom stereocenters. The van der Waals surface area contributed by atoms with E-state index in [1.165, 1.54) is 4.90 Å². The predicted molar refractivity (Wildman–Crippen MR) is 142 cm³/mol. The number of amides is 3. The number of carbonyl (C=O) groups excluding carboxylic acids is 3. The highest BCUT2D eigenvalue weighted by Crippen LogP contribution is 2.27. The van der Waals surface area contributed by atoms with Gasteiger partial charge in [-0.05, 0) is 62.6 Å². The molecule has 9 heteroatoms. The maximum atomic E-state index is 13.6. The molecule has 9 nitrogen and oxygen atoms in total. The molecule has 200 valence electrons. The van der Waals surface area contributed by atoms with E-state index < -0.39 is 17.9 Å². The molecule has 3 N–H and O–H groups in total. The average Bonchev–Trinajstić information content (AvgIpc) is 2.90. The van der Waals surface area contributed by atoms with Crippen LogP contribution in [0, 0.1) is 28.6 Å². The quantitative estimate of drug-likeness (QED) is 0.282. The fourth-order valence-corrected chi connectivity index (χ4v) is 5.32. The Hall–Kier alpha value is -3.41. The highest BCUT2D eigenvalue weighted by Gasteiger charge is 2.36. The van der Waals surface area contributed by atoms with E-state index in [4.69, 9.17) is 10.7 Å². The molecular formula is C28H40N6O3. The monoisotopic (exact) mass is 508 g/mol. The van der Waals surface area contributed by atoms with Crippen molar-refractivity contribution >= 4 is 23.6 Å². The van der Waals surface area contributed by atoms with Crippen molar-refractivity contribution in [2.24, 2.45) is 11.8 Å². The Bertz CT molecular complexity index is 1000. The number of amidine groups is 1. The Morgan fingerprint density at radius 3 is 2.22 bits per heavy atom. The van der Waals surface area contributed by atoms with Crippen LogP contribution in [0.25, 0.3) is 0 Å². The molecule has 3 amide bonds. The Morgan fingerprint density at radius 1 is 1.05 bits per heavy atom. The van der Waals surface area contributed by atoms with Crippen LogP contribution in [0.15, 0.2) is 24.3 Å². The van der Waals surface area contributed by atoms with Gasteiger partial charge < -0.3 is 20.4 Å². The van der Waals surface area contributed by atoms with Gasteiger partial charge in [0.05, 0.1) is 17.5 Å². The second-order valence-corrected chi connectivity index (χ2v) is 10.5. The molecule has 0 spiro atoms. The molecule has 0 bridgehead atoms. The summed E-state index contributed by atoms with van der Waals surface area (Å²) in [5, 5.41) is 23.0. The molecule has 1 aromatic carbocycles. The summed E-state index contributed by atoms with van der Waals surface area (Å²) >= 11 is 0. The number of benzene rings is 1. The minimum absolute atomic E-state index is 0.00365. The van der Waals surface area contributed by atoms with Gasteiger partial charge in [0, 0.05) is 33.2 Å². The van der Waals surface area contributed by atoms with Crippen molar-refractivity contribution in [3.63, 3.8) is 0 Å². The Kier molecular flexibility index (Phi) is 10.1. The smallest absolute Gasteiger partial charge is 0.243 e. The number of nitrogens with one attached hydrogen (secondary N) is 3. The zero-order valence-electron chi connectivity index (χ0n) is 22.3. The maximum absolute atomic E-state index is 13.6. The summed E-state index contributed by atoms with van der Waals surface area (Å²) in [5.41, 5.74) is 1.29. The van der Waals surface area contributed by atoms with Gasteiger partial charge in [-0.15, -0.1) is 0 Å². The average molecular weight is 509 g/mol. The van der Waals surface area contributed by atoms with Crippen molar-refractivity contribution in [2.75, 3.05) is 27.2 Å². The number of nitrogens with zero attached hydrogens (tertiary/aromatic N) is 3. The first-order valence-corrected chi connectivity index (χ1v) is 13.3. The van der Waals surface area contributed by atoms with Gasteiger partial charge in [-0.1, -0.05) is 31.4 Å². The molecular weight excluding hydrogens is 468 g/mol. The van der Waals surface area contributed by atoms with E-state index in [2.05, 4.69) is 16.7 Å². The molecule has 0 radical (unpaired) electrons. The zero-order valence-corrected chi connectivity index (χ0v) is 22.3. The summed E-state index contributed by atoms with van der Waals surface area (Å²) < 4.78 is 0. The Morgan fingerprint density at radius 2 is 1.68 bits per heavy atom. The third-order valence-electron chi connectivity index (χ3n) is 7.60. The second-order valence-electron chi connectivity index (χ2n) is 10.5. The number of nitriles is 1. The molecule has 2 aliphatic rings. The molecule has 1 aromatic rings. The molecule has 1 heterocycles. The summed E-state index contributed by atoms with van der Waals surface area (Å²) in [6, 6.07) is 8.26. The van der Waals surface area contributed by atoms with Gasteiger partial charge in [0.15, 0.2) is 0 Å². The fraction of sp³-hybridized carbons (Fsp3) is 0.607. The SMILES string of the molecule is CC(=N)N1CCC(NC(=O)[C@@H](NC(=O)[C@@H](Cc2ccc(C#N)cc2)C(=O)N(C)C)C2CCCCC2)CC1. The van der Waals surface area contributed by atoms with Crippen LogP contribution >= 0.6 is 0 Å². The van der Waals surface area contributed by atoms with Gasteiger partial charge in [0.2, 0.25) is 17.7 Å². The lowest BCUT2D eigenvalue weighted by Gasteiger charge is -2.36. The topological polar surface area (TPSA) is 129 Å². The van der Waals surface area contributed by atoms with Gasteiger partial charge in [0.1, 0.15) is 12.0 Å². The first-order chi connectivity index (χ1) is 17.7. The zero-order chi connectivity index (χ0) is 26.9. The lowest BCUT2D eigenvalue weighted by atomic mass is 9.83. The Labute approximate surface area is 220 Å². The van der Waals surface area contributed by atoms with Crippen LogP contribution in [0.2, 0.25) is 0 Å². The van der Waals surface area contributed by atoms with Crippen LogP contribution in [0.3, 0.4) is 0 Å². The summed E-state index contributed by atoms with van der Waals surface area (Å²) in [6.45, 7) is 3.23. The largest absolute Gasteiger partial charge is 0.361 e. The van der Waals surface area contributed by atoms with Gasteiger partial charge >= 0.3 is 0 Å². The van der Waals surface area contributed by atoms with Crippen molar-refractivity contribution < 1.29 is 14.4 Å². The first kappa shape index (κ1) is 28.2. The van der Waals surface area contributed by atoms with E-state index in [1.807, 2.05) is 4.90 Å². The van der Waals surface area contributed by atoms with Crippen molar-refractivity contribution in [2.45, 2.75) is 70.4 Å². The predicted octanol–water partition coefficient (Wildman–Crippen LogP) is 2.45. The lowest BCUT2D eigenvalue weighted by molar-refractivity contribution is -0.142. The van der Waals surface area contributed by atoms with Crippen molar-refractivity contribution in [3.8, 4) is 6.07 Å². The molecule has 2 fully saturated rings. The minimum Gasteiger partial charge on any atom is -0.361 e. The van der Waals surface area contributed by atoms with Crippen LogP contribution in [0.1, 0.15) is 63.0 Å². The standard InChI is InChI=1S/C28H40N6O3/c1-19(30)34-15-13-23(14-16-34)31-27(36)25(22-7-5-4-6-8-22)32-26(35)24(28(37)33(2)3)17-20-9-11-21(18-29)12-10-20/h9-12,22-25,30H,4-8,13-17H2,1-3H3,(H,31,36)(H,32,35)/t24-,25+/m1/s1. The van der Waals surface area contributed by atoms with Crippen LogP contribution in [0.5, 0.6) is 0 Å². The van der Waals surface area contributed by atoms with Crippen molar-refractivity contribution in [1.82, 2.24) is 20.4 Å². The highest BCUT2D eigenvalue weighted by atomic mass is 16.2. The van der Waals surface area contributed by atoms with Gasteiger partial charge in [-0.3, -0.25) is 19.8 Å². The summed E-state index contributed by atoms with van der Waals surface area (Å²) in [5.74, 6) is -1.34. The van der Waals surface area contributed by atoms with Crippen LogP contribution in [-0.2, 0) is 20.8 Å². The molecule has 37 heavy (non-hydrogen) atoms.